The zero-order chi connectivity index (χ0) is 25.7. The summed E-state index contributed by atoms with van der Waals surface area (Å²) in [6.07, 6.45) is 5.90. The highest BCUT2D eigenvalue weighted by atomic mass is 16.5. The number of Topliss-reactive ketones (excluding diaryl/α,β-unsaturated/α-hetero) is 1. The van der Waals surface area contributed by atoms with Gasteiger partial charge in [0.15, 0.2) is 0 Å². The first kappa shape index (κ1) is 25.0. The van der Waals surface area contributed by atoms with E-state index in [2.05, 4.69) is 4.98 Å². The minimum atomic E-state index is -0.713. The monoisotopic (exact) mass is 489 g/mol. The Morgan fingerprint density at radius 1 is 1.03 bits per heavy atom. The Bertz CT molecular complexity index is 1220. The molecule has 36 heavy (non-hydrogen) atoms. The molecule has 1 N–H and O–H groups in total. The van der Waals surface area contributed by atoms with Gasteiger partial charge >= 0.3 is 0 Å². The number of benzene rings is 2. The first-order chi connectivity index (χ1) is 17.4. The standard InChI is InChI=1S/C28H31N3O5/c1-4-35-22-10-6-20(7-11-22)25-24(26(32)21-8-12-23(13-9-21)36-19(2)3)27(33)28(34)31(25)16-5-15-30-17-14-29-18-30/h6-14,17-19,25,32H,4-5,15-16H2,1-3H3/b26-24+. The lowest BCUT2D eigenvalue weighted by Gasteiger charge is -2.25. The number of aliphatic hydroxyl groups excluding tert-OH is 1. The zero-order valence-electron chi connectivity index (χ0n) is 20.8. The third kappa shape index (κ3) is 5.43. The molecule has 0 aliphatic carbocycles. The molecule has 2 heterocycles. The number of hydrogen-bond donors (Lipinski definition) is 1. The molecule has 188 valence electrons. The van der Waals surface area contributed by atoms with Crippen molar-refractivity contribution in [1.29, 1.82) is 0 Å². The third-order valence-corrected chi connectivity index (χ3v) is 5.92. The lowest BCUT2D eigenvalue weighted by atomic mass is 9.95. The van der Waals surface area contributed by atoms with Gasteiger partial charge in [0.25, 0.3) is 11.7 Å². The van der Waals surface area contributed by atoms with Crippen molar-refractivity contribution >= 4 is 17.4 Å². The highest BCUT2D eigenvalue weighted by molar-refractivity contribution is 6.46. The van der Waals surface area contributed by atoms with E-state index < -0.39 is 17.7 Å². The Balaban J connectivity index is 1.69. The molecule has 2 aromatic carbocycles. The van der Waals surface area contributed by atoms with Crippen molar-refractivity contribution in [3.63, 3.8) is 0 Å². The van der Waals surface area contributed by atoms with Crippen LogP contribution in [0.15, 0.2) is 72.8 Å². The Labute approximate surface area is 210 Å². The number of amides is 1. The molecular formula is C28H31N3O5. The summed E-state index contributed by atoms with van der Waals surface area (Å²) in [5.74, 6) is -0.179. The summed E-state index contributed by atoms with van der Waals surface area (Å²) in [4.78, 5) is 31.9. The van der Waals surface area contributed by atoms with Crippen molar-refractivity contribution in [2.24, 2.45) is 0 Å². The molecule has 0 spiro atoms. The van der Waals surface area contributed by atoms with E-state index in [-0.39, 0.29) is 17.4 Å². The summed E-state index contributed by atoms with van der Waals surface area (Å²) in [6, 6.07) is 13.4. The lowest BCUT2D eigenvalue weighted by Crippen LogP contribution is -2.31. The van der Waals surface area contributed by atoms with Gasteiger partial charge in [-0.1, -0.05) is 12.1 Å². The molecule has 0 bridgehead atoms. The summed E-state index contributed by atoms with van der Waals surface area (Å²) in [5.41, 5.74) is 1.24. The Morgan fingerprint density at radius 2 is 1.72 bits per heavy atom. The quantitative estimate of drug-likeness (QED) is 0.255. The molecule has 0 saturated carbocycles. The number of imidazole rings is 1. The van der Waals surface area contributed by atoms with Gasteiger partial charge in [-0.05, 0) is 69.2 Å². The summed E-state index contributed by atoms with van der Waals surface area (Å²) in [7, 11) is 0. The van der Waals surface area contributed by atoms with Crippen molar-refractivity contribution in [2.75, 3.05) is 13.2 Å². The maximum Gasteiger partial charge on any atom is 0.295 e. The summed E-state index contributed by atoms with van der Waals surface area (Å²) in [6.45, 7) is 7.29. The number of aromatic nitrogens is 2. The number of carbonyl (C=O) groups excluding carboxylic acids is 2. The van der Waals surface area contributed by atoms with Crippen molar-refractivity contribution < 1.29 is 24.2 Å². The predicted octanol–water partition coefficient (Wildman–Crippen LogP) is 4.58. The van der Waals surface area contributed by atoms with Crippen molar-refractivity contribution in [3.8, 4) is 11.5 Å². The van der Waals surface area contributed by atoms with Crippen LogP contribution in [-0.2, 0) is 16.1 Å². The van der Waals surface area contributed by atoms with Crippen LogP contribution in [0.5, 0.6) is 11.5 Å². The second-order valence-electron chi connectivity index (χ2n) is 8.84. The van der Waals surface area contributed by atoms with Gasteiger partial charge in [0.2, 0.25) is 0 Å². The molecular weight excluding hydrogens is 458 g/mol. The van der Waals surface area contributed by atoms with Gasteiger partial charge in [0.1, 0.15) is 17.3 Å². The fraction of sp³-hybridized carbons (Fsp3) is 0.321. The minimum absolute atomic E-state index is 0.0109. The third-order valence-electron chi connectivity index (χ3n) is 5.92. The predicted molar refractivity (Wildman–Crippen MR) is 136 cm³/mol. The van der Waals surface area contributed by atoms with Gasteiger partial charge in [-0.15, -0.1) is 0 Å². The van der Waals surface area contributed by atoms with Gasteiger partial charge in [0.05, 0.1) is 30.7 Å². The van der Waals surface area contributed by atoms with Crippen LogP contribution in [0.1, 0.15) is 44.4 Å². The van der Waals surface area contributed by atoms with Crippen molar-refractivity contribution in [3.05, 3.63) is 84.0 Å². The van der Waals surface area contributed by atoms with Crippen LogP contribution < -0.4 is 9.47 Å². The molecule has 3 aromatic rings. The SMILES string of the molecule is CCOc1ccc(C2/C(=C(\O)c3ccc(OC(C)C)cc3)C(=O)C(=O)N2CCCn2ccnc2)cc1. The Hall–Kier alpha value is -4.07. The number of aliphatic hydroxyl groups is 1. The molecule has 1 atom stereocenters. The molecule has 1 aliphatic heterocycles. The molecule has 0 radical (unpaired) electrons. The maximum absolute atomic E-state index is 13.2. The Morgan fingerprint density at radius 3 is 2.33 bits per heavy atom. The molecule has 8 nitrogen and oxygen atoms in total. The highest BCUT2D eigenvalue weighted by Gasteiger charge is 2.45. The van der Waals surface area contributed by atoms with Crippen LogP contribution in [0.3, 0.4) is 0 Å². The first-order valence-electron chi connectivity index (χ1n) is 12.1. The van der Waals surface area contributed by atoms with Crippen LogP contribution in [0, 0.1) is 0 Å². The molecule has 1 aromatic heterocycles. The Kier molecular flexibility index (Phi) is 7.73. The summed E-state index contributed by atoms with van der Waals surface area (Å²) >= 11 is 0. The smallest absolute Gasteiger partial charge is 0.295 e. The van der Waals surface area contributed by atoms with E-state index in [1.165, 1.54) is 4.90 Å². The maximum atomic E-state index is 13.2. The number of ether oxygens (including phenoxy) is 2. The number of rotatable bonds is 10. The molecule has 1 unspecified atom stereocenters. The van der Waals surface area contributed by atoms with Crippen LogP contribution in [-0.4, -0.2) is 50.5 Å². The number of aryl methyl sites for hydroxylation is 1. The molecule has 1 aliphatic rings. The number of ketones is 1. The van der Waals surface area contributed by atoms with Gasteiger partial charge in [0, 0.05) is 31.0 Å². The van der Waals surface area contributed by atoms with E-state index in [1.54, 1.807) is 36.8 Å². The zero-order valence-corrected chi connectivity index (χ0v) is 20.8. The average Bonchev–Trinajstić information content (AvgIpc) is 3.47. The van der Waals surface area contributed by atoms with Gasteiger partial charge in [-0.2, -0.15) is 0 Å². The lowest BCUT2D eigenvalue weighted by molar-refractivity contribution is -0.139. The second kappa shape index (κ2) is 11.1. The minimum Gasteiger partial charge on any atom is -0.507 e. The van der Waals surface area contributed by atoms with E-state index in [1.807, 2.05) is 55.8 Å². The van der Waals surface area contributed by atoms with Crippen LogP contribution in [0.2, 0.25) is 0 Å². The van der Waals surface area contributed by atoms with Crippen molar-refractivity contribution in [2.45, 2.75) is 45.9 Å². The van der Waals surface area contributed by atoms with Gasteiger partial charge < -0.3 is 24.0 Å². The summed E-state index contributed by atoms with van der Waals surface area (Å²) < 4.78 is 13.2. The topological polar surface area (TPSA) is 93.9 Å². The van der Waals surface area contributed by atoms with Crippen LogP contribution >= 0.6 is 0 Å². The number of nitrogens with zero attached hydrogens (tertiary/aromatic N) is 3. The molecule has 4 rings (SSSR count). The van der Waals surface area contributed by atoms with E-state index in [4.69, 9.17) is 9.47 Å². The number of carbonyl (C=O) groups is 2. The molecule has 8 heteroatoms. The fourth-order valence-electron chi connectivity index (χ4n) is 4.33. The van der Waals surface area contributed by atoms with E-state index in [0.717, 1.165) is 5.56 Å². The van der Waals surface area contributed by atoms with E-state index in [9.17, 15) is 14.7 Å². The second-order valence-corrected chi connectivity index (χ2v) is 8.84. The molecule has 1 fully saturated rings. The van der Waals surface area contributed by atoms with Crippen LogP contribution in [0.25, 0.3) is 5.76 Å². The fourth-order valence-corrected chi connectivity index (χ4v) is 4.33. The van der Waals surface area contributed by atoms with Gasteiger partial charge in [-0.25, -0.2) is 4.98 Å². The van der Waals surface area contributed by atoms with Crippen LogP contribution in [0.4, 0.5) is 0 Å². The highest BCUT2D eigenvalue weighted by Crippen LogP contribution is 2.40. The normalized spacial score (nSPS) is 17.1. The molecule has 1 saturated heterocycles. The largest absolute Gasteiger partial charge is 0.507 e. The van der Waals surface area contributed by atoms with E-state index >= 15 is 0 Å². The first-order valence-corrected chi connectivity index (χ1v) is 12.1. The van der Waals surface area contributed by atoms with Gasteiger partial charge in [-0.3, -0.25) is 9.59 Å². The number of hydrogen-bond acceptors (Lipinski definition) is 6. The average molecular weight is 490 g/mol. The van der Waals surface area contributed by atoms with E-state index in [0.29, 0.717) is 43.2 Å². The van der Waals surface area contributed by atoms with Crippen molar-refractivity contribution in [1.82, 2.24) is 14.5 Å². The number of likely N-dealkylation sites (tertiary alicyclic amines) is 1. The molecule has 1 amide bonds. The summed E-state index contributed by atoms with van der Waals surface area (Å²) in [5, 5.41) is 11.2.